The number of carbonyl (C=O) groups is 1. The normalized spacial score (nSPS) is 24.2. The van der Waals surface area contributed by atoms with Crippen molar-refractivity contribution in [3.8, 4) is 0 Å². The van der Waals surface area contributed by atoms with Gasteiger partial charge in [-0.3, -0.25) is 4.79 Å². The van der Waals surface area contributed by atoms with E-state index in [1.807, 2.05) is 7.11 Å². The van der Waals surface area contributed by atoms with Crippen LogP contribution in [0.5, 0.6) is 0 Å². The summed E-state index contributed by atoms with van der Waals surface area (Å²) in [4.78, 5) is 19.7. The first-order valence-corrected chi connectivity index (χ1v) is 13.7. The summed E-state index contributed by atoms with van der Waals surface area (Å²) in [5.41, 5.74) is 7.38. The highest BCUT2D eigenvalue weighted by Gasteiger charge is 2.35. The van der Waals surface area contributed by atoms with Crippen LogP contribution >= 0.6 is 0 Å². The Bertz CT molecular complexity index is 1280. The third kappa shape index (κ3) is 4.57. The lowest BCUT2D eigenvalue weighted by atomic mass is 9.98. The number of likely N-dealkylation sites (tertiary alicyclic amines) is 1. The van der Waals surface area contributed by atoms with Crippen LogP contribution in [0.4, 0.5) is 5.69 Å². The van der Waals surface area contributed by atoms with Gasteiger partial charge in [0.05, 0.1) is 23.2 Å². The number of ether oxygens (including phenoxy) is 1. The Morgan fingerprint density at radius 2 is 1.94 bits per heavy atom. The monoisotopic (exact) mass is 486 g/mol. The van der Waals surface area contributed by atoms with Crippen molar-refractivity contribution in [3.63, 3.8) is 0 Å². The quantitative estimate of drug-likeness (QED) is 0.514. The van der Waals surface area contributed by atoms with E-state index in [0.717, 1.165) is 75.2 Å². The van der Waals surface area contributed by atoms with Crippen molar-refractivity contribution >= 4 is 22.6 Å². The number of nitrogens with zero attached hydrogens (tertiary/aromatic N) is 3. The number of imidazole rings is 1. The molecule has 2 heterocycles. The van der Waals surface area contributed by atoms with Crippen LogP contribution in [0.25, 0.3) is 11.0 Å². The van der Waals surface area contributed by atoms with Crippen LogP contribution in [0.1, 0.15) is 54.7 Å². The first-order valence-electron chi connectivity index (χ1n) is 13.7. The van der Waals surface area contributed by atoms with Crippen molar-refractivity contribution in [2.45, 2.75) is 64.5 Å². The Balaban J connectivity index is 1.12. The highest BCUT2D eigenvalue weighted by molar-refractivity contribution is 5.94. The van der Waals surface area contributed by atoms with Gasteiger partial charge in [0.1, 0.15) is 5.82 Å². The van der Waals surface area contributed by atoms with Crippen LogP contribution in [0.3, 0.4) is 0 Å². The molecule has 6 heteroatoms. The van der Waals surface area contributed by atoms with Gasteiger partial charge in [0.2, 0.25) is 5.91 Å². The molecule has 0 bridgehead atoms. The molecule has 2 fully saturated rings. The number of hydrogen-bond acceptors (Lipinski definition) is 4. The molecular weight excluding hydrogens is 448 g/mol. The smallest absolute Gasteiger partial charge is 0.227 e. The summed E-state index contributed by atoms with van der Waals surface area (Å²) >= 11 is 0. The third-order valence-corrected chi connectivity index (χ3v) is 8.43. The van der Waals surface area contributed by atoms with E-state index in [4.69, 9.17) is 9.72 Å². The first kappa shape index (κ1) is 23.7. The van der Waals surface area contributed by atoms with Crippen molar-refractivity contribution < 1.29 is 9.53 Å². The SMILES string of the molecule is CCc1nc2cc(C)ccc2n1C1CCN(C[C@@H]2Cc3ccc(NC(=O)C4CC4)cc3C2)CC1OC. The second-order valence-electron chi connectivity index (χ2n) is 11.2. The summed E-state index contributed by atoms with van der Waals surface area (Å²) < 4.78 is 8.56. The highest BCUT2D eigenvalue weighted by atomic mass is 16.5. The zero-order valence-corrected chi connectivity index (χ0v) is 21.8. The molecule has 6 nitrogen and oxygen atoms in total. The lowest BCUT2D eigenvalue weighted by Crippen LogP contribution is -2.47. The number of fused-ring (bicyclic) bond motifs is 2. The van der Waals surface area contributed by atoms with Gasteiger partial charge < -0.3 is 19.5 Å². The topological polar surface area (TPSA) is 59.4 Å². The van der Waals surface area contributed by atoms with E-state index in [1.54, 1.807) is 0 Å². The molecule has 2 aliphatic carbocycles. The molecule has 3 atom stereocenters. The maximum Gasteiger partial charge on any atom is 0.227 e. The average Bonchev–Trinajstić information content (AvgIpc) is 3.56. The van der Waals surface area contributed by atoms with Crippen LogP contribution in [0.15, 0.2) is 36.4 Å². The molecule has 2 aromatic carbocycles. The number of methoxy groups -OCH3 is 1. The average molecular weight is 487 g/mol. The van der Waals surface area contributed by atoms with Gasteiger partial charge in [-0.05, 0) is 85.9 Å². The molecular formula is C30H38N4O2. The minimum Gasteiger partial charge on any atom is -0.378 e. The Kier molecular flexibility index (Phi) is 6.34. The number of aryl methyl sites for hydroxylation is 2. The number of nitrogens with one attached hydrogen (secondary N) is 1. The van der Waals surface area contributed by atoms with Gasteiger partial charge in [0.15, 0.2) is 0 Å². The second kappa shape index (κ2) is 9.64. The van der Waals surface area contributed by atoms with Gasteiger partial charge in [-0.2, -0.15) is 0 Å². The van der Waals surface area contributed by atoms with E-state index >= 15 is 0 Å². The fourth-order valence-corrected chi connectivity index (χ4v) is 6.41. The minimum atomic E-state index is 0.149. The molecule has 2 unspecified atom stereocenters. The predicted molar refractivity (Wildman–Crippen MR) is 143 cm³/mol. The summed E-state index contributed by atoms with van der Waals surface area (Å²) in [6.45, 7) is 7.45. The Labute approximate surface area is 214 Å². The molecule has 6 rings (SSSR count). The number of anilines is 1. The van der Waals surface area contributed by atoms with Crippen LogP contribution in [0, 0.1) is 18.8 Å². The van der Waals surface area contributed by atoms with Gasteiger partial charge in [-0.25, -0.2) is 4.98 Å². The molecule has 1 saturated heterocycles. The molecule has 1 N–H and O–H groups in total. The minimum absolute atomic E-state index is 0.149. The summed E-state index contributed by atoms with van der Waals surface area (Å²) in [5, 5.41) is 3.11. The zero-order valence-electron chi connectivity index (χ0n) is 21.8. The predicted octanol–water partition coefficient (Wildman–Crippen LogP) is 4.93. The summed E-state index contributed by atoms with van der Waals surface area (Å²) in [5.74, 6) is 2.20. The van der Waals surface area contributed by atoms with Gasteiger partial charge in [-0.15, -0.1) is 0 Å². The van der Waals surface area contributed by atoms with Gasteiger partial charge in [-0.1, -0.05) is 19.1 Å². The molecule has 3 aliphatic rings. The van der Waals surface area contributed by atoms with Crippen molar-refractivity contribution in [1.29, 1.82) is 0 Å². The number of rotatable bonds is 7. The van der Waals surface area contributed by atoms with E-state index < -0.39 is 0 Å². The van der Waals surface area contributed by atoms with Crippen LogP contribution in [-0.4, -0.2) is 53.2 Å². The van der Waals surface area contributed by atoms with Gasteiger partial charge >= 0.3 is 0 Å². The number of hydrogen-bond donors (Lipinski definition) is 1. The van der Waals surface area contributed by atoms with Crippen LogP contribution in [-0.2, 0) is 28.8 Å². The molecule has 1 amide bonds. The molecule has 3 aromatic rings. The molecule has 0 spiro atoms. The molecule has 1 saturated carbocycles. The number of piperidine rings is 1. The molecule has 1 aromatic heterocycles. The maximum absolute atomic E-state index is 12.2. The zero-order chi connectivity index (χ0) is 24.8. The summed E-state index contributed by atoms with van der Waals surface area (Å²) in [6.07, 6.45) is 6.43. The summed E-state index contributed by atoms with van der Waals surface area (Å²) in [7, 11) is 1.86. The van der Waals surface area contributed by atoms with E-state index in [-0.39, 0.29) is 17.9 Å². The number of amides is 1. The third-order valence-electron chi connectivity index (χ3n) is 8.43. The Morgan fingerprint density at radius 1 is 1.11 bits per heavy atom. The molecule has 0 radical (unpaired) electrons. The number of aromatic nitrogens is 2. The van der Waals surface area contributed by atoms with Crippen molar-refractivity contribution in [2.75, 3.05) is 32.1 Å². The maximum atomic E-state index is 12.2. The molecule has 36 heavy (non-hydrogen) atoms. The molecule has 1 aliphatic heterocycles. The van der Waals surface area contributed by atoms with E-state index in [0.29, 0.717) is 12.0 Å². The van der Waals surface area contributed by atoms with E-state index in [1.165, 1.54) is 22.2 Å². The second-order valence-corrected chi connectivity index (χ2v) is 11.2. The lowest BCUT2D eigenvalue weighted by Gasteiger charge is -2.40. The fraction of sp³-hybridized carbons (Fsp3) is 0.533. The number of benzene rings is 2. The Morgan fingerprint density at radius 3 is 2.72 bits per heavy atom. The molecule has 190 valence electrons. The highest BCUT2D eigenvalue weighted by Crippen LogP contribution is 2.35. The first-order chi connectivity index (χ1) is 17.5. The largest absolute Gasteiger partial charge is 0.378 e. The fourth-order valence-electron chi connectivity index (χ4n) is 6.41. The van der Waals surface area contributed by atoms with Crippen molar-refractivity contribution in [3.05, 3.63) is 58.9 Å². The lowest BCUT2D eigenvalue weighted by molar-refractivity contribution is -0.117. The van der Waals surface area contributed by atoms with Gasteiger partial charge in [0, 0.05) is 44.8 Å². The van der Waals surface area contributed by atoms with Gasteiger partial charge in [0.25, 0.3) is 0 Å². The van der Waals surface area contributed by atoms with E-state index in [9.17, 15) is 4.79 Å². The van der Waals surface area contributed by atoms with Crippen LogP contribution < -0.4 is 5.32 Å². The van der Waals surface area contributed by atoms with Crippen molar-refractivity contribution in [1.82, 2.24) is 14.5 Å². The van der Waals surface area contributed by atoms with Crippen molar-refractivity contribution in [2.24, 2.45) is 11.8 Å². The number of carbonyl (C=O) groups excluding carboxylic acids is 1. The summed E-state index contributed by atoms with van der Waals surface area (Å²) in [6, 6.07) is 13.4. The van der Waals surface area contributed by atoms with E-state index in [2.05, 4.69) is 65.0 Å². The standard InChI is InChI=1S/C30H38N4O2/c1-4-29-32-25-13-19(2)5-10-26(25)34(29)27-11-12-33(18-28(27)36-3)17-20-14-22-8-9-24(16-23(22)15-20)31-30(35)21-6-7-21/h5,8-10,13,16,20-21,27-28H,4,6-7,11-12,14-15,17-18H2,1-3H3,(H,31,35)/t20-,27?,28?/m1/s1. The Hall–Kier alpha value is -2.70. The van der Waals surface area contributed by atoms with Crippen LogP contribution in [0.2, 0.25) is 0 Å².